The average molecular weight is 492 g/mol. The lowest BCUT2D eigenvalue weighted by atomic mass is 9.97. The van der Waals surface area contributed by atoms with Gasteiger partial charge in [0.15, 0.2) is 5.17 Å². The van der Waals surface area contributed by atoms with Crippen molar-refractivity contribution in [1.29, 1.82) is 0 Å². The predicted molar refractivity (Wildman–Crippen MR) is 85.8 cm³/mol. The number of aliphatic imine (C=N–C) groups is 1. The molecule has 2 rings (SSSR count). The Kier molecular flexibility index (Phi) is 5.99. The molecule has 5 nitrogen and oxygen atoms in total. The van der Waals surface area contributed by atoms with Gasteiger partial charge in [0.2, 0.25) is 5.83 Å². The summed E-state index contributed by atoms with van der Waals surface area (Å²) in [6.07, 6.45) is -19.3. The van der Waals surface area contributed by atoms with Crippen molar-refractivity contribution < 1.29 is 48.8 Å². The van der Waals surface area contributed by atoms with Gasteiger partial charge in [-0.2, -0.15) is 39.5 Å². The van der Waals surface area contributed by atoms with E-state index in [0.29, 0.717) is 6.07 Å². The van der Waals surface area contributed by atoms with Gasteiger partial charge in [0.1, 0.15) is 5.69 Å². The van der Waals surface area contributed by atoms with E-state index in [2.05, 4.69) is 4.99 Å². The molecule has 1 heterocycles. The van der Waals surface area contributed by atoms with Crippen molar-refractivity contribution in [1.82, 2.24) is 0 Å². The summed E-state index contributed by atoms with van der Waals surface area (Å²) in [6.45, 7) is 0. The van der Waals surface area contributed by atoms with Crippen molar-refractivity contribution in [3.05, 3.63) is 44.1 Å². The number of rotatable bonds is 2. The summed E-state index contributed by atoms with van der Waals surface area (Å²) in [4.78, 5) is 9.28. The molecule has 0 aromatic heterocycles. The maximum Gasteiger partial charge on any atom is 0.443 e. The summed E-state index contributed by atoms with van der Waals surface area (Å²) in [6, 6.07) is 2.38. The summed E-state index contributed by atoms with van der Waals surface area (Å²) >= 11 is 4.61. The average Bonchev–Trinajstić information content (AvgIpc) is 2.93. The number of alkyl halides is 9. The molecule has 0 saturated heterocycles. The highest BCUT2D eigenvalue weighted by atomic mass is 35.5. The van der Waals surface area contributed by atoms with E-state index in [0.717, 1.165) is 12.1 Å². The number of hydrogen-bond acceptors (Lipinski definition) is 5. The summed E-state index contributed by atoms with van der Waals surface area (Å²) in [5.41, 5.74) is -7.27. The molecule has 1 aromatic carbocycles. The second kappa shape index (κ2) is 7.47. The number of nitro groups is 1. The molecule has 166 valence electrons. The third kappa shape index (κ3) is 4.14. The van der Waals surface area contributed by atoms with E-state index in [1.165, 1.54) is 0 Å². The fraction of sp³-hybridized carbons (Fsp3) is 0.308. The van der Waals surface area contributed by atoms with E-state index in [1.807, 2.05) is 0 Å². The molecular weight excluding hydrogens is 488 g/mol. The number of halogens is 11. The molecule has 0 amide bonds. The van der Waals surface area contributed by atoms with Gasteiger partial charge in [0.05, 0.1) is 9.83 Å². The highest BCUT2D eigenvalue weighted by Crippen LogP contribution is 2.59. The van der Waals surface area contributed by atoms with Crippen LogP contribution in [0.4, 0.5) is 55.3 Å². The van der Waals surface area contributed by atoms with Crippen LogP contribution in [0.2, 0.25) is 5.02 Å². The van der Waals surface area contributed by atoms with Gasteiger partial charge in [-0.1, -0.05) is 23.4 Å². The van der Waals surface area contributed by atoms with E-state index < -0.39 is 68.0 Å². The largest absolute Gasteiger partial charge is 0.443 e. The smallest absolute Gasteiger partial charge is 0.329 e. The number of allylic oxidation sites excluding steroid dienone is 1. The van der Waals surface area contributed by atoms with Gasteiger partial charge in [0.25, 0.3) is 11.2 Å². The molecule has 1 aromatic rings. The standard InChI is InChI=1S/C13H4ClF10N3O2S/c14-4-1-2-6(27(28)29)5(3-4)25-9-26-10(12(19,20)21,13(22,23)24)8(30-9)7(15)11(16,17)18/h1-3H,(H,25,26). The fourth-order valence-corrected chi connectivity index (χ4v) is 3.55. The minimum Gasteiger partial charge on any atom is -0.329 e. The van der Waals surface area contributed by atoms with Gasteiger partial charge in [-0.3, -0.25) is 10.1 Å². The van der Waals surface area contributed by atoms with Crippen LogP contribution < -0.4 is 5.32 Å². The van der Waals surface area contributed by atoms with E-state index >= 15 is 0 Å². The molecule has 0 bridgehead atoms. The van der Waals surface area contributed by atoms with Crippen LogP contribution in [0.1, 0.15) is 0 Å². The molecule has 1 aliphatic rings. The second-order valence-corrected chi connectivity index (χ2v) is 6.84. The third-order valence-corrected chi connectivity index (χ3v) is 4.76. The molecule has 1 aliphatic heterocycles. The van der Waals surface area contributed by atoms with Gasteiger partial charge in [0, 0.05) is 11.1 Å². The Hall–Kier alpha value is -2.23. The maximum absolute atomic E-state index is 13.7. The van der Waals surface area contributed by atoms with Crippen LogP contribution in [0.5, 0.6) is 0 Å². The van der Waals surface area contributed by atoms with Crippen molar-refractivity contribution in [2.24, 2.45) is 4.99 Å². The van der Waals surface area contributed by atoms with E-state index in [-0.39, 0.29) is 5.02 Å². The molecule has 30 heavy (non-hydrogen) atoms. The number of thioether (sulfide) groups is 1. The Balaban J connectivity index is 2.74. The predicted octanol–water partition coefficient (Wildman–Crippen LogP) is 6.37. The Bertz CT molecular complexity index is 925. The monoisotopic (exact) mass is 491 g/mol. The van der Waals surface area contributed by atoms with E-state index in [4.69, 9.17) is 11.6 Å². The number of nitrogens with zero attached hydrogens (tertiary/aromatic N) is 2. The Morgan fingerprint density at radius 3 is 2.07 bits per heavy atom. The number of amidine groups is 1. The highest BCUT2D eigenvalue weighted by Gasteiger charge is 2.77. The number of nitro benzene ring substituents is 1. The van der Waals surface area contributed by atoms with Crippen molar-refractivity contribution in [2.45, 2.75) is 24.1 Å². The zero-order chi connectivity index (χ0) is 23.3. The number of anilines is 1. The molecule has 0 radical (unpaired) electrons. The number of hydrogen-bond donors (Lipinski definition) is 1. The topological polar surface area (TPSA) is 67.5 Å². The Morgan fingerprint density at radius 2 is 1.63 bits per heavy atom. The molecular formula is C13H4ClF10N3O2S. The lowest BCUT2D eigenvalue weighted by molar-refractivity contribution is -0.383. The fourth-order valence-electron chi connectivity index (χ4n) is 2.21. The normalized spacial score (nSPS) is 18.8. The Morgan fingerprint density at radius 1 is 1.10 bits per heavy atom. The van der Waals surface area contributed by atoms with Crippen LogP contribution >= 0.6 is 23.4 Å². The minimum atomic E-state index is -6.54. The zero-order valence-corrected chi connectivity index (χ0v) is 15.1. The quantitative estimate of drug-likeness (QED) is 0.297. The van der Waals surface area contributed by atoms with Crippen LogP contribution in [0.15, 0.2) is 33.9 Å². The maximum atomic E-state index is 13.7. The summed E-state index contributed by atoms with van der Waals surface area (Å²) in [7, 11) is 0. The minimum absolute atomic E-state index is 0.262. The number of benzene rings is 1. The molecule has 0 atom stereocenters. The summed E-state index contributed by atoms with van der Waals surface area (Å²) in [5.74, 6) is -3.66. The first-order chi connectivity index (χ1) is 13.4. The van der Waals surface area contributed by atoms with E-state index in [9.17, 15) is 54.0 Å². The van der Waals surface area contributed by atoms with Crippen LogP contribution in [0.25, 0.3) is 0 Å². The second-order valence-electron chi connectivity index (χ2n) is 5.41. The summed E-state index contributed by atoms with van der Waals surface area (Å²) < 4.78 is 132. The first kappa shape index (κ1) is 24.0. The molecule has 0 unspecified atom stereocenters. The van der Waals surface area contributed by atoms with Gasteiger partial charge in [-0.15, -0.1) is 0 Å². The van der Waals surface area contributed by atoms with Crippen molar-refractivity contribution in [3.63, 3.8) is 0 Å². The lowest BCUT2D eigenvalue weighted by Crippen LogP contribution is -2.55. The van der Waals surface area contributed by atoms with Gasteiger partial charge >= 0.3 is 18.5 Å². The summed E-state index contributed by atoms with van der Waals surface area (Å²) in [5, 5.41) is 10.9. The van der Waals surface area contributed by atoms with Crippen molar-refractivity contribution >= 4 is 39.9 Å². The Labute approximate surface area is 167 Å². The van der Waals surface area contributed by atoms with Crippen molar-refractivity contribution in [3.8, 4) is 0 Å². The van der Waals surface area contributed by atoms with E-state index in [1.54, 1.807) is 5.32 Å². The van der Waals surface area contributed by atoms with Crippen LogP contribution in [-0.4, -0.2) is 34.2 Å². The third-order valence-electron chi connectivity index (χ3n) is 3.46. The SMILES string of the molecule is O=[N+]([O-])c1ccc(Cl)cc1NC1=NC(C(F)(F)F)(C(F)(F)F)C(=C(F)C(F)(F)F)S1. The molecule has 0 saturated carbocycles. The zero-order valence-electron chi connectivity index (χ0n) is 13.5. The molecule has 0 aliphatic carbocycles. The van der Waals surface area contributed by atoms with Gasteiger partial charge in [-0.05, 0) is 12.1 Å². The van der Waals surface area contributed by atoms with Crippen molar-refractivity contribution in [2.75, 3.05) is 5.32 Å². The molecule has 1 N–H and O–H groups in total. The van der Waals surface area contributed by atoms with Crippen LogP contribution in [-0.2, 0) is 0 Å². The van der Waals surface area contributed by atoms with Gasteiger partial charge < -0.3 is 5.32 Å². The first-order valence-corrected chi connectivity index (χ1v) is 8.21. The molecule has 0 fully saturated rings. The highest BCUT2D eigenvalue weighted by molar-refractivity contribution is 8.17. The van der Waals surface area contributed by atoms with Crippen LogP contribution in [0.3, 0.4) is 0 Å². The number of nitrogens with one attached hydrogen (secondary N) is 1. The molecule has 17 heteroatoms. The first-order valence-electron chi connectivity index (χ1n) is 7.01. The van der Waals surface area contributed by atoms with Gasteiger partial charge in [-0.25, -0.2) is 9.38 Å². The molecule has 0 spiro atoms. The van der Waals surface area contributed by atoms with Crippen LogP contribution in [0, 0.1) is 10.1 Å². The lowest BCUT2D eigenvalue weighted by Gasteiger charge is -2.31.